The molecular weight excluding hydrogens is 402 g/mol. The van der Waals surface area contributed by atoms with Crippen LogP contribution >= 0.6 is 0 Å². The van der Waals surface area contributed by atoms with Crippen molar-refractivity contribution < 1.29 is 9.84 Å². The number of nitriles is 1. The molecular formula is C25H29N5O2. The molecule has 7 heteroatoms. The minimum absolute atomic E-state index is 0.0756. The fourth-order valence-electron chi connectivity index (χ4n) is 4.55. The normalized spacial score (nSPS) is 16.4. The number of nitrogens with one attached hydrogen (secondary N) is 2. The third-order valence-electron chi connectivity index (χ3n) is 6.38. The van der Waals surface area contributed by atoms with Crippen molar-refractivity contribution in [2.24, 2.45) is 0 Å². The van der Waals surface area contributed by atoms with Gasteiger partial charge in [-0.15, -0.1) is 0 Å². The molecule has 3 aromatic rings. The van der Waals surface area contributed by atoms with Crippen LogP contribution in [-0.4, -0.2) is 35.3 Å². The number of fused-ring (bicyclic) bond motifs is 1. The summed E-state index contributed by atoms with van der Waals surface area (Å²) in [4.78, 5) is 9.29. The molecule has 0 radical (unpaired) electrons. The second-order valence-corrected chi connectivity index (χ2v) is 8.47. The van der Waals surface area contributed by atoms with Crippen LogP contribution in [0.25, 0.3) is 10.9 Å². The summed E-state index contributed by atoms with van der Waals surface area (Å²) < 4.78 is 5.65. The van der Waals surface area contributed by atoms with Crippen molar-refractivity contribution in [3.8, 4) is 11.8 Å². The SMILES string of the molecule is COc1cc2nc(C)nc(N[C@H](C)c3cccc(C#N)c3C)c2cc1C1(O)CCNCC1. The Morgan fingerprint density at radius 2 is 1.97 bits per heavy atom. The second kappa shape index (κ2) is 8.73. The zero-order valence-electron chi connectivity index (χ0n) is 19.0. The predicted octanol–water partition coefficient (Wildman–Crippen LogP) is 3.87. The molecule has 1 aliphatic rings. The molecule has 7 nitrogen and oxygen atoms in total. The van der Waals surface area contributed by atoms with Gasteiger partial charge in [-0.2, -0.15) is 5.26 Å². The maximum absolute atomic E-state index is 11.4. The van der Waals surface area contributed by atoms with Gasteiger partial charge in [-0.1, -0.05) is 12.1 Å². The van der Waals surface area contributed by atoms with E-state index in [0.717, 1.165) is 40.7 Å². The zero-order valence-corrected chi connectivity index (χ0v) is 19.0. The maximum Gasteiger partial charge on any atom is 0.138 e. The second-order valence-electron chi connectivity index (χ2n) is 8.47. The Hall–Kier alpha value is -3.21. The highest BCUT2D eigenvalue weighted by molar-refractivity contribution is 5.91. The van der Waals surface area contributed by atoms with Crippen LogP contribution in [-0.2, 0) is 5.60 Å². The van der Waals surface area contributed by atoms with Gasteiger partial charge in [0, 0.05) is 17.0 Å². The Bertz CT molecular complexity index is 1200. The van der Waals surface area contributed by atoms with Gasteiger partial charge in [0.2, 0.25) is 0 Å². The molecule has 0 aliphatic carbocycles. The van der Waals surface area contributed by atoms with Crippen LogP contribution in [0.15, 0.2) is 30.3 Å². The molecule has 0 saturated carbocycles. The topological polar surface area (TPSA) is 103 Å². The maximum atomic E-state index is 11.4. The van der Waals surface area contributed by atoms with Gasteiger partial charge in [-0.05, 0) is 70.0 Å². The van der Waals surface area contributed by atoms with Gasteiger partial charge in [0.1, 0.15) is 17.4 Å². The number of hydrogen-bond donors (Lipinski definition) is 3. The number of piperidine rings is 1. The van der Waals surface area contributed by atoms with E-state index in [1.165, 1.54) is 0 Å². The quantitative estimate of drug-likeness (QED) is 0.563. The Labute approximate surface area is 188 Å². The lowest BCUT2D eigenvalue weighted by atomic mass is 9.84. The molecule has 0 amide bonds. The van der Waals surface area contributed by atoms with Crippen molar-refractivity contribution >= 4 is 16.7 Å². The highest BCUT2D eigenvalue weighted by Gasteiger charge is 2.34. The number of hydrogen-bond acceptors (Lipinski definition) is 7. The smallest absolute Gasteiger partial charge is 0.138 e. The van der Waals surface area contributed by atoms with E-state index in [9.17, 15) is 10.4 Å². The Kier molecular flexibility index (Phi) is 6.00. The van der Waals surface area contributed by atoms with Gasteiger partial charge in [0.05, 0.1) is 35.9 Å². The summed E-state index contributed by atoms with van der Waals surface area (Å²) in [5, 5.41) is 28.4. The number of aromatic nitrogens is 2. The fraction of sp³-hybridized carbons (Fsp3) is 0.400. The van der Waals surface area contributed by atoms with Gasteiger partial charge in [0.25, 0.3) is 0 Å². The molecule has 32 heavy (non-hydrogen) atoms. The van der Waals surface area contributed by atoms with E-state index < -0.39 is 5.60 Å². The van der Waals surface area contributed by atoms with E-state index in [-0.39, 0.29) is 6.04 Å². The Morgan fingerprint density at radius 1 is 1.22 bits per heavy atom. The average molecular weight is 432 g/mol. The summed E-state index contributed by atoms with van der Waals surface area (Å²) in [6.07, 6.45) is 1.22. The first-order valence-corrected chi connectivity index (χ1v) is 10.9. The largest absolute Gasteiger partial charge is 0.496 e. The molecule has 1 fully saturated rings. The lowest BCUT2D eigenvalue weighted by Crippen LogP contribution is -2.39. The van der Waals surface area contributed by atoms with Crippen LogP contribution < -0.4 is 15.4 Å². The van der Waals surface area contributed by atoms with Crippen molar-refractivity contribution in [1.82, 2.24) is 15.3 Å². The highest BCUT2D eigenvalue weighted by Crippen LogP contribution is 2.40. The standard InChI is InChI=1S/C25H29N5O2/c1-15-18(14-26)6-5-7-19(15)16(2)28-24-20-12-21(25(31)8-10-27-11-9-25)23(32-4)13-22(20)29-17(3)30-24/h5-7,12-13,16,27,31H,8-11H2,1-4H3,(H,28,29,30)/t16-/m1/s1. The number of aliphatic hydroxyl groups is 1. The van der Waals surface area contributed by atoms with Crippen LogP contribution in [0.1, 0.15) is 53.9 Å². The summed E-state index contributed by atoms with van der Waals surface area (Å²) in [7, 11) is 1.62. The molecule has 0 spiro atoms. The molecule has 2 aromatic carbocycles. The molecule has 0 bridgehead atoms. The van der Waals surface area contributed by atoms with Crippen LogP contribution in [0, 0.1) is 25.2 Å². The summed E-state index contributed by atoms with van der Waals surface area (Å²) in [5.41, 5.74) is 3.22. The molecule has 1 atom stereocenters. The lowest BCUT2D eigenvalue weighted by molar-refractivity contribution is 0.00406. The molecule has 1 aliphatic heterocycles. The van der Waals surface area contributed by atoms with Gasteiger partial charge in [-0.3, -0.25) is 0 Å². The lowest BCUT2D eigenvalue weighted by Gasteiger charge is -2.34. The van der Waals surface area contributed by atoms with E-state index >= 15 is 0 Å². The summed E-state index contributed by atoms with van der Waals surface area (Å²) in [6, 6.07) is 11.8. The third-order valence-corrected chi connectivity index (χ3v) is 6.38. The van der Waals surface area contributed by atoms with Crippen molar-refractivity contribution in [1.29, 1.82) is 5.26 Å². The van der Waals surface area contributed by atoms with Crippen molar-refractivity contribution in [2.75, 3.05) is 25.5 Å². The number of methoxy groups -OCH3 is 1. The first-order chi connectivity index (χ1) is 15.4. The molecule has 1 aromatic heterocycles. The van der Waals surface area contributed by atoms with Gasteiger partial charge >= 0.3 is 0 Å². The van der Waals surface area contributed by atoms with Crippen molar-refractivity contribution in [2.45, 2.75) is 45.3 Å². The third kappa shape index (κ3) is 3.99. The molecule has 0 unspecified atom stereocenters. The van der Waals surface area contributed by atoms with E-state index in [2.05, 4.69) is 33.6 Å². The predicted molar refractivity (Wildman–Crippen MR) is 125 cm³/mol. The monoisotopic (exact) mass is 431 g/mol. The van der Waals surface area contributed by atoms with Gasteiger partial charge < -0.3 is 20.5 Å². The highest BCUT2D eigenvalue weighted by atomic mass is 16.5. The summed E-state index contributed by atoms with van der Waals surface area (Å²) in [6.45, 7) is 7.37. The number of nitrogens with zero attached hydrogens (tertiary/aromatic N) is 3. The summed E-state index contributed by atoms with van der Waals surface area (Å²) in [5.74, 6) is 1.98. The number of benzene rings is 2. The van der Waals surface area contributed by atoms with Crippen LogP contribution in [0.2, 0.25) is 0 Å². The molecule has 3 N–H and O–H groups in total. The molecule has 2 heterocycles. The first-order valence-electron chi connectivity index (χ1n) is 10.9. The van der Waals surface area contributed by atoms with Crippen molar-refractivity contribution in [3.63, 3.8) is 0 Å². The number of aryl methyl sites for hydroxylation is 1. The van der Waals surface area contributed by atoms with Crippen LogP contribution in [0.4, 0.5) is 5.82 Å². The van der Waals surface area contributed by atoms with Crippen LogP contribution in [0.3, 0.4) is 0 Å². The van der Waals surface area contributed by atoms with E-state index in [1.54, 1.807) is 7.11 Å². The van der Waals surface area contributed by atoms with E-state index in [1.807, 2.05) is 44.2 Å². The minimum Gasteiger partial charge on any atom is -0.496 e. The van der Waals surface area contributed by atoms with Gasteiger partial charge in [0.15, 0.2) is 0 Å². The fourth-order valence-corrected chi connectivity index (χ4v) is 4.55. The Balaban J connectivity index is 1.81. The number of rotatable bonds is 5. The first kappa shape index (κ1) is 22.0. The van der Waals surface area contributed by atoms with Crippen LogP contribution in [0.5, 0.6) is 5.75 Å². The zero-order chi connectivity index (χ0) is 22.9. The van der Waals surface area contributed by atoms with E-state index in [0.29, 0.717) is 35.8 Å². The van der Waals surface area contributed by atoms with Crippen molar-refractivity contribution in [3.05, 3.63) is 58.4 Å². The number of anilines is 1. The molecule has 1 saturated heterocycles. The Morgan fingerprint density at radius 3 is 2.66 bits per heavy atom. The minimum atomic E-state index is -0.962. The van der Waals surface area contributed by atoms with E-state index in [4.69, 9.17) is 4.74 Å². The average Bonchev–Trinajstić information content (AvgIpc) is 2.78. The number of ether oxygens (including phenoxy) is 1. The van der Waals surface area contributed by atoms with Gasteiger partial charge in [-0.25, -0.2) is 9.97 Å². The summed E-state index contributed by atoms with van der Waals surface area (Å²) >= 11 is 0. The molecule has 166 valence electrons. The molecule has 4 rings (SSSR count).